The van der Waals surface area contributed by atoms with E-state index in [4.69, 9.17) is 0 Å². The Morgan fingerprint density at radius 3 is 2.74 bits per heavy atom. The highest BCUT2D eigenvalue weighted by molar-refractivity contribution is 5.55. The third kappa shape index (κ3) is 2.48. The lowest BCUT2D eigenvalue weighted by Crippen LogP contribution is -2.61. The number of rotatable bonds is 1. The second-order valence-electron chi connectivity index (χ2n) is 6.09. The van der Waals surface area contributed by atoms with Crippen molar-refractivity contribution < 1.29 is 4.39 Å². The van der Waals surface area contributed by atoms with E-state index < -0.39 is 0 Å². The number of benzene rings is 1. The van der Waals surface area contributed by atoms with Crippen LogP contribution in [0.15, 0.2) is 18.2 Å². The maximum atomic E-state index is 14.1. The lowest BCUT2D eigenvalue weighted by molar-refractivity contribution is 0.215. The minimum absolute atomic E-state index is 0.0761. The van der Waals surface area contributed by atoms with Crippen LogP contribution in [0.4, 0.5) is 10.1 Å². The zero-order chi connectivity index (χ0) is 13.3. The van der Waals surface area contributed by atoms with Gasteiger partial charge in [-0.05, 0) is 31.4 Å². The van der Waals surface area contributed by atoms with Crippen molar-refractivity contribution in [2.75, 3.05) is 24.5 Å². The van der Waals surface area contributed by atoms with E-state index in [-0.39, 0.29) is 11.4 Å². The molecule has 2 aliphatic rings. The number of hydrogen-bond acceptors (Lipinski definition) is 2. The molecule has 0 unspecified atom stereocenters. The Hall–Kier alpha value is -1.09. The topological polar surface area (TPSA) is 15.3 Å². The van der Waals surface area contributed by atoms with E-state index in [1.54, 1.807) is 12.1 Å². The van der Waals surface area contributed by atoms with Gasteiger partial charge in [-0.3, -0.25) is 0 Å². The molecule has 1 N–H and O–H groups in total. The van der Waals surface area contributed by atoms with Crippen molar-refractivity contribution in [3.8, 4) is 0 Å². The van der Waals surface area contributed by atoms with Crippen molar-refractivity contribution in [3.63, 3.8) is 0 Å². The van der Waals surface area contributed by atoms with Crippen LogP contribution in [0.2, 0.25) is 0 Å². The van der Waals surface area contributed by atoms with Crippen molar-refractivity contribution in [1.29, 1.82) is 0 Å². The Labute approximate surface area is 115 Å². The highest BCUT2D eigenvalue weighted by Crippen LogP contribution is 2.34. The first-order valence-corrected chi connectivity index (χ1v) is 7.45. The molecule has 0 bridgehead atoms. The Balaban J connectivity index is 1.85. The number of anilines is 1. The summed E-state index contributed by atoms with van der Waals surface area (Å²) < 4.78 is 14.1. The molecule has 1 saturated carbocycles. The van der Waals surface area contributed by atoms with Gasteiger partial charge >= 0.3 is 0 Å². The molecule has 1 aliphatic heterocycles. The molecule has 1 heterocycles. The first kappa shape index (κ1) is 12.9. The molecule has 1 spiro atoms. The maximum Gasteiger partial charge on any atom is 0.146 e. The van der Waals surface area contributed by atoms with Gasteiger partial charge in [-0.1, -0.05) is 31.4 Å². The molecule has 1 aromatic rings. The summed E-state index contributed by atoms with van der Waals surface area (Å²) in [6.07, 6.45) is 6.42. The fourth-order valence-corrected chi connectivity index (χ4v) is 3.73. The number of halogens is 1. The minimum atomic E-state index is -0.0761. The van der Waals surface area contributed by atoms with Crippen molar-refractivity contribution in [2.45, 2.75) is 44.6 Å². The zero-order valence-corrected chi connectivity index (χ0v) is 11.7. The highest BCUT2D eigenvalue weighted by atomic mass is 19.1. The van der Waals surface area contributed by atoms with Crippen molar-refractivity contribution >= 4 is 5.69 Å². The van der Waals surface area contributed by atoms with Gasteiger partial charge in [0, 0.05) is 25.2 Å². The third-order valence-corrected chi connectivity index (χ3v) is 4.69. The molecule has 104 valence electrons. The highest BCUT2D eigenvalue weighted by Gasteiger charge is 2.36. The van der Waals surface area contributed by atoms with Gasteiger partial charge in [0.05, 0.1) is 5.69 Å². The Morgan fingerprint density at radius 2 is 2.00 bits per heavy atom. The molecule has 0 atom stereocenters. The van der Waals surface area contributed by atoms with E-state index in [1.165, 1.54) is 32.1 Å². The molecule has 0 radical (unpaired) electrons. The van der Waals surface area contributed by atoms with E-state index in [9.17, 15) is 4.39 Å². The fourth-order valence-electron chi connectivity index (χ4n) is 3.73. The SMILES string of the molecule is Cc1cccc(F)c1N1CCNC2(CCCCC2)C1. The van der Waals surface area contributed by atoms with Crippen LogP contribution in [0.5, 0.6) is 0 Å². The van der Waals surface area contributed by atoms with Crippen molar-refractivity contribution in [2.24, 2.45) is 0 Å². The zero-order valence-electron chi connectivity index (χ0n) is 11.7. The first-order chi connectivity index (χ1) is 9.20. The van der Waals surface area contributed by atoms with E-state index in [0.29, 0.717) is 0 Å². The molecular formula is C16H23FN2. The Morgan fingerprint density at radius 1 is 1.21 bits per heavy atom. The van der Waals surface area contributed by atoms with E-state index in [1.807, 2.05) is 13.0 Å². The second-order valence-corrected chi connectivity index (χ2v) is 6.09. The Kier molecular flexibility index (Phi) is 3.48. The monoisotopic (exact) mass is 262 g/mol. The van der Waals surface area contributed by atoms with Crippen LogP contribution in [-0.2, 0) is 0 Å². The third-order valence-electron chi connectivity index (χ3n) is 4.69. The molecule has 3 heteroatoms. The van der Waals surface area contributed by atoms with Crippen LogP contribution < -0.4 is 10.2 Å². The lowest BCUT2D eigenvalue weighted by atomic mass is 9.80. The molecule has 2 fully saturated rings. The van der Waals surface area contributed by atoms with E-state index >= 15 is 0 Å². The molecule has 1 aromatic carbocycles. The molecule has 2 nitrogen and oxygen atoms in total. The number of aryl methyl sites for hydroxylation is 1. The summed E-state index contributed by atoms with van der Waals surface area (Å²) >= 11 is 0. The van der Waals surface area contributed by atoms with Crippen molar-refractivity contribution in [1.82, 2.24) is 5.32 Å². The van der Waals surface area contributed by atoms with Gasteiger partial charge in [-0.2, -0.15) is 0 Å². The smallest absolute Gasteiger partial charge is 0.146 e. The van der Waals surface area contributed by atoms with Crippen LogP contribution in [0, 0.1) is 12.7 Å². The Bertz CT molecular complexity index is 426. The largest absolute Gasteiger partial charge is 0.366 e. The number of piperazine rings is 1. The van der Waals surface area contributed by atoms with Gasteiger partial charge in [0.1, 0.15) is 5.82 Å². The number of nitrogens with zero attached hydrogens (tertiary/aromatic N) is 1. The first-order valence-electron chi connectivity index (χ1n) is 7.45. The summed E-state index contributed by atoms with van der Waals surface area (Å²) in [5.74, 6) is -0.0761. The quantitative estimate of drug-likeness (QED) is 0.836. The fraction of sp³-hybridized carbons (Fsp3) is 0.625. The van der Waals surface area contributed by atoms with Gasteiger partial charge in [-0.25, -0.2) is 4.39 Å². The standard InChI is InChI=1S/C16H23FN2/c1-13-6-5-7-14(17)15(13)19-11-10-18-16(12-19)8-3-2-4-9-16/h5-7,18H,2-4,8-12H2,1H3. The van der Waals surface area contributed by atoms with E-state index in [2.05, 4.69) is 10.2 Å². The number of para-hydroxylation sites is 1. The molecule has 1 aliphatic carbocycles. The van der Waals surface area contributed by atoms with Gasteiger partial charge < -0.3 is 10.2 Å². The summed E-state index contributed by atoms with van der Waals surface area (Å²) in [7, 11) is 0. The summed E-state index contributed by atoms with van der Waals surface area (Å²) in [5.41, 5.74) is 2.09. The number of hydrogen-bond donors (Lipinski definition) is 1. The molecule has 19 heavy (non-hydrogen) atoms. The predicted molar refractivity (Wildman–Crippen MR) is 77.2 cm³/mol. The average molecular weight is 262 g/mol. The molecule has 3 rings (SSSR count). The summed E-state index contributed by atoms with van der Waals surface area (Å²) in [5, 5.41) is 3.71. The van der Waals surface area contributed by atoms with Crippen LogP contribution in [0.25, 0.3) is 0 Å². The van der Waals surface area contributed by atoms with Crippen LogP contribution in [0.1, 0.15) is 37.7 Å². The number of nitrogens with one attached hydrogen (secondary N) is 1. The molecule has 0 aromatic heterocycles. The maximum absolute atomic E-state index is 14.1. The molecule has 1 saturated heterocycles. The predicted octanol–water partition coefficient (Wildman–Crippen LogP) is 3.25. The molecule has 0 amide bonds. The van der Waals surface area contributed by atoms with Crippen molar-refractivity contribution in [3.05, 3.63) is 29.6 Å². The van der Waals surface area contributed by atoms with Crippen LogP contribution in [-0.4, -0.2) is 25.2 Å². The van der Waals surface area contributed by atoms with Gasteiger partial charge in [-0.15, -0.1) is 0 Å². The van der Waals surface area contributed by atoms with Gasteiger partial charge in [0.2, 0.25) is 0 Å². The summed E-state index contributed by atoms with van der Waals surface area (Å²) in [4.78, 5) is 2.26. The average Bonchev–Trinajstić information content (AvgIpc) is 2.39. The summed E-state index contributed by atoms with van der Waals surface area (Å²) in [6.45, 7) is 4.83. The normalized spacial score (nSPS) is 22.7. The van der Waals surface area contributed by atoms with Crippen LogP contribution >= 0.6 is 0 Å². The molecular weight excluding hydrogens is 239 g/mol. The van der Waals surface area contributed by atoms with Gasteiger partial charge in [0.25, 0.3) is 0 Å². The van der Waals surface area contributed by atoms with E-state index in [0.717, 1.165) is 30.9 Å². The lowest BCUT2D eigenvalue weighted by Gasteiger charge is -2.47. The van der Waals surface area contributed by atoms with Crippen LogP contribution in [0.3, 0.4) is 0 Å². The van der Waals surface area contributed by atoms with Gasteiger partial charge in [0.15, 0.2) is 0 Å². The second kappa shape index (κ2) is 5.12. The minimum Gasteiger partial charge on any atom is -0.366 e. The summed E-state index contributed by atoms with van der Waals surface area (Å²) in [6, 6.07) is 5.39.